The first kappa shape index (κ1) is 23.0. The Hall–Kier alpha value is -2.01. The number of hydrogen-bond donors (Lipinski definition) is 1. The van der Waals surface area contributed by atoms with Crippen molar-refractivity contribution in [1.29, 1.82) is 0 Å². The molecule has 0 amide bonds. The van der Waals surface area contributed by atoms with Gasteiger partial charge in [0.15, 0.2) is 0 Å². The molecule has 0 fully saturated rings. The van der Waals surface area contributed by atoms with Crippen molar-refractivity contribution in [3.8, 4) is 0 Å². The molecule has 9 heteroatoms. The number of pyridine rings is 1. The Morgan fingerprint density at radius 1 is 1.07 bits per heavy atom. The quantitative estimate of drug-likeness (QED) is 0.407. The molecular formula is C18H13F3LiNO3S-2. The van der Waals surface area contributed by atoms with Gasteiger partial charge >= 0.3 is 25.0 Å². The van der Waals surface area contributed by atoms with Gasteiger partial charge in [-0.3, -0.25) is 4.79 Å². The summed E-state index contributed by atoms with van der Waals surface area (Å²) in [7, 11) is -2.31. The Bertz CT molecular complexity index is 1040. The first-order chi connectivity index (χ1) is 12.3. The fourth-order valence-electron chi connectivity index (χ4n) is 2.28. The monoisotopic (exact) mass is 387 g/mol. The van der Waals surface area contributed by atoms with Crippen LogP contribution in [-0.2, 0) is 31.7 Å². The summed E-state index contributed by atoms with van der Waals surface area (Å²) in [6, 6.07) is 12.5. The second-order valence-corrected chi connectivity index (χ2v) is 5.98. The van der Waals surface area contributed by atoms with Gasteiger partial charge in [-0.05, 0) is 28.2 Å². The van der Waals surface area contributed by atoms with Gasteiger partial charge in [0.1, 0.15) is 0 Å². The van der Waals surface area contributed by atoms with Crippen molar-refractivity contribution < 1.29 is 40.4 Å². The molecule has 0 unspecified atom stereocenters. The number of H-pyrrole nitrogens is 1. The molecule has 3 aromatic rings. The first-order valence-electron chi connectivity index (χ1n) is 7.31. The summed E-state index contributed by atoms with van der Waals surface area (Å²) in [4.78, 5) is 13.9. The molecule has 3 rings (SSSR count). The van der Waals surface area contributed by atoms with E-state index in [1.165, 1.54) is 24.4 Å². The van der Waals surface area contributed by atoms with Crippen molar-refractivity contribution in [1.82, 2.24) is 4.98 Å². The number of fused-ring (bicyclic) bond motifs is 1. The third-order valence-corrected chi connectivity index (χ3v) is 4.17. The van der Waals surface area contributed by atoms with Crippen LogP contribution in [0.25, 0.3) is 10.8 Å². The van der Waals surface area contributed by atoms with Gasteiger partial charge in [0.25, 0.3) is 5.56 Å². The number of alkyl halides is 3. The van der Waals surface area contributed by atoms with Crippen molar-refractivity contribution >= 4 is 21.5 Å². The van der Waals surface area contributed by atoms with Crippen LogP contribution in [0.2, 0.25) is 0 Å². The molecule has 0 bridgehead atoms. The molecule has 27 heavy (non-hydrogen) atoms. The molecule has 0 saturated heterocycles. The average molecular weight is 387 g/mol. The summed E-state index contributed by atoms with van der Waals surface area (Å²) < 4.78 is 58.2. The van der Waals surface area contributed by atoms with E-state index in [2.05, 4.69) is 18.0 Å². The zero-order valence-corrected chi connectivity index (χ0v) is 15.1. The van der Waals surface area contributed by atoms with Crippen LogP contribution in [-0.4, -0.2) is 4.98 Å². The molecule has 0 radical (unpaired) electrons. The zero-order chi connectivity index (χ0) is 19.3. The van der Waals surface area contributed by atoms with E-state index in [1.807, 2.05) is 0 Å². The molecule has 138 valence electrons. The van der Waals surface area contributed by atoms with E-state index in [1.54, 1.807) is 18.2 Å². The molecule has 0 aliphatic carbocycles. The third-order valence-electron chi connectivity index (χ3n) is 3.45. The minimum atomic E-state index is -4.29. The standard InChI is InChI=1S/C9H7F3.C9H6NO3S.Li/c1-2-7-5-3-4-6-8(7)9(10,11)12;11-9-7-2-1-3-8(14(12)13)6(7)4-5-10-9;/h3-4,6H,1-2H2;1-5H,(H,10,11);/q-2;-1;+1. The largest absolute Gasteiger partial charge is 1.00 e. The number of nitrogens with one attached hydrogen (secondary N) is 1. The summed E-state index contributed by atoms with van der Waals surface area (Å²) in [5, 5.41) is 0.832. The maximum atomic E-state index is 12.2. The van der Waals surface area contributed by atoms with E-state index in [0.717, 1.165) is 6.07 Å². The summed E-state index contributed by atoms with van der Waals surface area (Å²) in [5.41, 5.74) is -0.806. The predicted octanol–water partition coefficient (Wildman–Crippen LogP) is 1.08. The Morgan fingerprint density at radius 2 is 1.78 bits per heavy atom. The number of hydrogen-bond acceptors (Lipinski definition) is 4. The summed E-state index contributed by atoms with van der Waals surface area (Å²) in [6.07, 6.45) is -2.75. The maximum absolute atomic E-state index is 12.2. The molecule has 0 spiro atoms. The minimum Gasteiger partial charge on any atom is -0.420 e. The molecule has 0 saturated carbocycles. The molecule has 1 N–H and O–H groups in total. The zero-order valence-electron chi connectivity index (χ0n) is 14.3. The number of rotatable bonds is 2. The van der Waals surface area contributed by atoms with Gasteiger partial charge in [-0.2, -0.15) is 49.4 Å². The van der Waals surface area contributed by atoms with E-state index < -0.39 is 22.4 Å². The second kappa shape index (κ2) is 9.79. The molecule has 4 nitrogen and oxygen atoms in total. The summed E-state index contributed by atoms with van der Waals surface area (Å²) in [5.74, 6) is 0. The van der Waals surface area contributed by atoms with Gasteiger partial charge in [-0.1, -0.05) is 22.6 Å². The van der Waals surface area contributed by atoms with Gasteiger partial charge in [-0.15, -0.1) is 0 Å². The third kappa shape index (κ3) is 5.73. The van der Waals surface area contributed by atoms with Gasteiger partial charge in [-0.25, -0.2) is 0 Å². The maximum Gasteiger partial charge on any atom is 1.00 e. The predicted molar refractivity (Wildman–Crippen MR) is 90.9 cm³/mol. The van der Waals surface area contributed by atoms with E-state index >= 15 is 0 Å². The molecule has 0 aliphatic rings. The summed E-state index contributed by atoms with van der Waals surface area (Å²) >= 11 is 0. The van der Waals surface area contributed by atoms with Gasteiger partial charge in [0.05, 0.1) is 0 Å². The van der Waals surface area contributed by atoms with E-state index in [-0.39, 0.29) is 41.3 Å². The van der Waals surface area contributed by atoms with Gasteiger partial charge < -0.3 is 20.3 Å². The van der Waals surface area contributed by atoms with Gasteiger partial charge in [0.2, 0.25) is 0 Å². The second-order valence-electron chi connectivity index (χ2n) is 5.07. The number of benzene rings is 2. The molecule has 1 aromatic heterocycles. The van der Waals surface area contributed by atoms with Crippen molar-refractivity contribution in [3.63, 3.8) is 0 Å². The normalized spacial score (nSPS) is 10.9. The SMILES string of the molecule is O=c1[nH]ccc2c([S-](=O)=O)cccc12.[CH2-]Cc1[c-]cccc1C(F)(F)F.[Li+]. The molecule has 1 heterocycles. The van der Waals surface area contributed by atoms with Crippen LogP contribution in [0.5, 0.6) is 0 Å². The van der Waals surface area contributed by atoms with Crippen LogP contribution in [0.4, 0.5) is 13.2 Å². The minimum absolute atomic E-state index is 0. The Morgan fingerprint density at radius 3 is 2.33 bits per heavy atom. The Labute approximate surface area is 167 Å². The van der Waals surface area contributed by atoms with Crippen molar-refractivity contribution in [2.75, 3.05) is 0 Å². The molecule has 0 aliphatic heterocycles. The molecule has 0 atom stereocenters. The van der Waals surface area contributed by atoms with Crippen LogP contribution in [0.15, 0.2) is 58.4 Å². The van der Waals surface area contributed by atoms with E-state index in [4.69, 9.17) is 0 Å². The summed E-state index contributed by atoms with van der Waals surface area (Å²) in [6.45, 7) is 3.40. The number of aromatic nitrogens is 1. The number of halogens is 3. The van der Waals surface area contributed by atoms with Gasteiger partial charge in [0, 0.05) is 11.6 Å². The van der Waals surface area contributed by atoms with Crippen LogP contribution >= 0.6 is 0 Å². The van der Waals surface area contributed by atoms with Crippen molar-refractivity contribution in [3.05, 3.63) is 83.1 Å². The topological polar surface area (TPSA) is 67.0 Å². The Balaban J connectivity index is 0.000000264. The van der Waals surface area contributed by atoms with Crippen molar-refractivity contribution in [2.45, 2.75) is 17.5 Å². The van der Waals surface area contributed by atoms with Crippen molar-refractivity contribution in [2.24, 2.45) is 0 Å². The fraction of sp³-hybridized carbons (Fsp3) is 0.111. The fourth-order valence-corrected chi connectivity index (χ4v) is 2.83. The number of aromatic amines is 1. The van der Waals surface area contributed by atoms with Crippen LogP contribution in [0.1, 0.15) is 11.1 Å². The van der Waals surface area contributed by atoms with E-state index in [9.17, 15) is 26.4 Å². The molecule has 2 aromatic carbocycles. The van der Waals surface area contributed by atoms with Crippen LogP contribution in [0.3, 0.4) is 0 Å². The van der Waals surface area contributed by atoms with E-state index in [0.29, 0.717) is 10.8 Å². The first-order valence-corrected chi connectivity index (χ1v) is 8.39. The average Bonchev–Trinajstić information content (AvgIpc) is 2.61. The van der Waals surface area contributed by atoms with Crippen LogP contribution in [0, 0.1) is 13.0 Å². The van der Waals surface area contributed by atoms with Crippen LogP contribution < -0.4 is 24.4 Å². The molecular weight excluding hydrogens is 374 g/mol. The Kier molecular flexibility index (Phi) is 8.35. The smallest absolute Gasteiger partial charge is 0.420 e.